The normalized spacial score (nSPS) is 23.8. The number of piperidine rings is 1. The van der Waals surface area contributed by atoms with Crippen LogP contribution in [0, 0.1) is 5.41 Å². The first kappa shape index (κ1) is 15.8. The Balaban J connectivity index is 2.60. The van der Waals surface area contributed by atoms with E-state index in [4.69, 9.17) is 5.11 Å². The first-order chi connectivity index (χ1) is 8.77. The molecule has 0 aromatic carbocycles. The number of carboxylic acids is 1. The fourth-order valence-corrected chi connectivity index (χ4v) is 2.30. The van der Waals surface area contributed by atoms with E-state index in [1.54, 1.807) is 4.90 Å². The molecule has 1 aliphatic heterocycles. The van der Waals surface area contributed by atoms with Gasteiger partial charge < -0.3 is 20.4 Å². The minimum Gasteiger partial charge on any atom is -0.480 e. The number of nitrogens with one attached hydrogen (secondary N) is 1. The molecule has 6 nitrogen and oxygen atoms in total. The molecule has 1 saturated heterocycles. The van der Waals surface area contributed by atoms with Crippen molar-refractivity contribution < 1.29 is 19.8 Å². The number of hydrogen-bond donors (Lipinski definition) is 3. The van der Waals surface area contributed by atoms with E-state index in [1.807, 2.05) is 20.8 Å². The molecule has 2 amide bonds. The van der Waals surface area contributed by atoms with Crippen molar-refractivity contribution in [2.75, 3.05) is 13.1 Å². The Bertz CT molecular complexity index is 344. The lowest BCUT2D eigenvalue weighted by Gasteiger charge is -2.41. The lowest BCUT2D eigenvalue weighted by molar-refractivity contribution is -0.139. The number of urea groups is 1. The predicted octanol–water partition coefficient (Wildman–Crippen LogP) is 1.04. The minimum absolute atomic E-state index is 0.360. The topological polar surface area (TPSA) is 89.9 Å². The molecule has 1 fully saturated rings. The van der Waals surface area contributed by atoms with E-state index in [0.717, 1.165) is 0 Å². The Morgan fingerprint density at radius 1 is 1.47 bits per heavy atom. The number of carbonyl (C=O) groups excluding carboxylic acids is 1. The second-order valence-electron chi connectivity index (χ2n) is 5.84. The zero-order chi connectivity index (χ0) is 14.6. The average Bonchev–Trinajstić information content (AvgIpc) is 2.31. The standard InChI is InChI=1S/C13H24N2O4/c1-4-5-9(11(17)18)14-12(19)15-7-6-10(16)13(2,3)8-15/h9-10,16H,4-8H2,1-3H3,(H,14,19)(H,17,18)/t9-,10?/m0/s1. The van der Waals surface area contributed by atoms with Crippen molar-refractivity contribution in [3.8, 4) is 0 Å². The number of carbonyl (C=O) groups is 2. The summed E-state index contributed by atoms with van der Waals surface area (Å²) in [6, 6.07) is -1.20. The number of aliphatic hydroxyl groups is 1. The largest absolute Gasteiger partial charge is 0.480 e. The zero-order valence-corrected chi connectivity index (χ0v) is 11.8. The molecule has 3 N–H and O–H groups in total. The lowest BCUT2D eigenvalue weighted by atomic mass is 9.81. The van der Waals surface area contributed by atoms with Gasteiger partial charge in [-0.1, -0.05) is 27.2 Å². The van der Waals surface area contributed by atoms with Crippen LogP contribution in [0.25, 0.3) is 0 Å². The maximum atomic E-state index is 12.1. The number of nitrogens with zero attached hydrogens (tertiary/aromatic N) is 1. The van der Waals surface area contributed by atoms with E-state index in [0.29, 0.717) is 32.4 Å². The molecule has 110 valence electrons. The van der Waals surface area contributed by atoms with Crippen LogP contribution in [-0.2, 0) is 4.79 Å². The highest BCUT2D eigenvalue weighted by molar-refractivity contribution is 5.82. The molecule has 0 aromatic rings. The van der Waals surface area contributed by atoms with Crippen LogP contribution >= 0.6 is 0 Å². The van der Waals surface area contributed by atoms with Gasteiger partial charge >= 0.3 is 12.0 Å². The zero-order valence-electron chi connectivity index (χ0n) is 11.8. The van der Waals surface area contributed by atoms with E-state index in [1.165, 1.54) is 0 Å². The molecule has 0 spiro atoms. The van der Waals surface area contributed by atoms with Crippen molar-refractivity contribution in [3.05, 3.63) is 0 Å². The highest BCUT2D eigenvalue weighted by Crippen LogP contribution is 2.29. The Kier molecular flexibility index (Phi) is 5.17. The summed E-state index contributed by atoms with van der Waals surface area (Å²) >= 11 is 0. The van der Waals surface area contributed by atoms with Gasteiger partial charge in [-0.2, -0.15) is 0 Å². The van der Waals surface area contributed by atoms with E-state index >= 15 is 0 Å². The van der Waals surface area contributed by atoms with Crippen LogP contribution in [0.1, 0.15) is 40.0 Å². The van der Waals surface area contributed by atoms with Crippen molar-refractivity contribution >= 4 is 12.0 Å². The van der Waals surface area contributed by atoms with E-state index < -0.39 is 18.1 Å². The highest BCUT2D eigenvalue weighted by atomic mass is 16.4. The summed E-state index contributed by atoms with van der Waals surface area (Å²) in [4.78, 5) is 24.6. The van der Waals surface area contributed by atoms with Crippen LogP contribution in [0.15, 0.2) is 0 Å². The van der Waals surface area contributed by atoms with Crippen LogP contribution in [0.2, 0.25) is 0 Å². The Morgan fingerprint density at radius 2 is 2.11 bits per heavy atom. The SMILES string of the molecule is CCC[C@H](NC(=O)N1CCC(O)C(C)(C)C1)C(=O)O. The number of rotatable bonds is 4. The summed E-state index contributed by atoms with van der Waals surface area (Å²) in [5.41, 5.74) is -0.362. The minimum atomic E-state index is -1.01. The molecular weight excluding hydrogens is 248 g/mol. The number of aliphatic carboxylic acids is 1. The molecule has 2 atom stereocenters. The summed E-state index contributed by atoms with van der Waals surface area (Å²) in [7, 11) is 0. The number of likely N-dealkylation sites (tertiary alicyclic amines) is 1. The summed E-state index contributed by atoms with van der Waals surface area (Å²) in [5, 5.41) is 21.4. The number of aliphatic hydroxyl groups excluding tert-OH is 1. The summed E-state index contributed by atoms with van der Waals surface area (Å²) in [6.45, 7) is 6.56. The van der Waals surface area contributed by atoms with Gasteiger partial charge in [0.05, 0.1) is 6.10 Å². The average molecular weight is 272 g/mol. The van der Waals surface area contributed by atoms with Crippen molar-refractivity contribution in [2.45, 2.75) is 52.2 Å². The van der Waals surface area contributed by atoms with Crippen molar-refractivity contribution in [1.82, 2.24) is 10.2 Å². The predicted molar refractivity (Wildman–Crippen MR) is 70.8 cm³/mol. The van der Waals surface area contributed by atoms with Crippen LogP contribution in [-0.4, -0.2) is 52.3 Å². The van der Waals surface area contributed by atoms with Crippen LogP contribution in [0.4, 0.5) is 4.79 Å². The van der Waals surface area contributed by atoms with Gasteiger partial charge in [0.15, 0.2) is 0 Å². The molecule has 1 heterocycles. The van der Waals surface area contributed by atoms with Crippen LogP contribution in [0.3, 0.4) is 0 Å². The molecule has 0 aromatic heterocycles. The fourth-order valence-electron chi connectivity index (χ4n) is 2.30. The molecular formula is C13H24N2O4. The molecule has 6 heteroatoms. The molecule has 1 unspecified atom stereocenters. The van der Waals surface area contributed by atoms with E-state index in [9.17, 15) is 14.7 Å². The van der Waals surface area contributed by atoms with Gasteiger partial charge in [0.1, 0.15) is 6.04 Å². The summed E-state index contributed by atoms with van der Waals surface area (Å²) in [5.74, 6) is -1.01. The summed E-state index contributed by atoms with van der Waals surface area (Å²) in [6.07, 6.45) is 1.20. The fraction of sp³-hybridized carbons (Fsp3) is 0.846. The molecule has 1 rings (SSSR count). The van der Waals surface area contributed by atoms with Gasteiger partial charge in [0.2, 0.25) is 0 Å². The van der Waals surface area contributed by atoms with Crippen molar-refractivity contribution in [1.29, 1.82) is 0 Å². The molecule has 0 radical (unpaired) electrons. The third kappa shape index (κ3) is 4.09. The number of amides is 2. The quantitative estimate of drug-likeness (QED) is 0.713. The monoisotopic (exact) mass is 272 g/mol. The van der Waals surface area contributed by atoms with Crippen molar-refractivity contribution in [2.24, 2.45) is 5.41 Å². The maximum absolute atomic E-state index is 12.1. The van der Waals surface area contributed by atoms with Gasteiger partial charge in [-0.05, 0) is 12.8 Å². The van der Waals surface area contributed by atoms with Crippen LogP contribution < -0.4 is 5.32 Å². The number of hydrogen-bond acceptors (Lipinski definition) is 3. The third-order valence-electron chi connectivity index (χ3n) is 3.63. The van der Waals surface area contributed by atoms with Gasteiger partial charge in [-0.15, -0.1) is 0 Å². The molecule has 1 aliphatic rings. The second kappa shape index (κ2) is 6.23. The summed E-state index contributed by atoms with van der Waals surface area (Å²) < 4.78 is 0. The Hall–Kier alpha value is -1.30. The third-order valence-corrected chi connectivity index (χ3v) is 3.63. The van der Waals surface area contributed by atoms with Crippen molar-refractivity contribution in [3.63, 3.8) is 0 Å². The first-order valence-electron chi connectivity index (χ1n) is 6.74. The Labute approximate surface area is 113 Å². The molecule has 0 bridgehead atoms. The number of carboxylic acid groups (broad SMARTS) is 1. The van der Waals surface area contributed by atoms with E-state index in [2.05, 4.69) is 5.32 Å². The maximum Gasteiger partial charge on any atom is 0.326 e. The smallest absolute Gasteiger partial charge is 0.326 e. The van der Waals surface area contributed by atoms with Gasteiger partial charge in [-0.25, -0.2) is 9.59 Å². The molecule has 19 heavy (non-hydrogen) atoms. The van der Waals surface area contributed by atoms with Gasteiger partial charge in [0, 0.05) is 18.5 Å². The van der Waals surface area contributed by atoms with E-state index in [-0.39, 0.29) is 11.4 Å². The van der Waals surface area contributed by atoms with Crippen LogP contribution in [0.5, 0.6) is 0 Å². The second-order valence-corrected chi connectivity index (χ2v) is 5.84. The lowest BCUT2D eigenvalue weighted by Crippen LogP contribution is -2.55. The van der Waals surface area contributed by atoms with Gasteiger partial charge in [0.25, 0.3) is 0 Å². The Morgan fingerprint density at radius 3 is 2.58 bits per heavy atom. The molecule has 0 aliphatic carbocycles. The van der Waals surface area contributed by atoms with Gasteiger partial charge in [-0.3, -0.25) is 0 Å². The molecule has 0 saturated carbocycles. The first-order valence-corrected chi connectivity index (χ1v) is 6.74. The highest BCUT2D eigenvalue weighted by Gasteiger charge is 2.37.